The van der Waals surface area contributed by atoms with Crippen LogP contribution in [0.5, 0.6) is 0 Å². The number of primary amides is 1. The van der Waals surface area contributed by atoms with Gasteiger partial charge in [0.1, 0.15) is 23.4 Å². The molecule has 9 nitrogen and oxygen atoms in total. The number of carbonyl (C=O) groups excluding carboxylic acids is 2. The van der Waals surface area contributed by atoms with Crippen LogP contribution >= 0.6 is 0 Å². The molecule has 4 rings (SSSR count). The zero-order valence-corrected chi connectivity index (χ0v) is 17.9. The summed E-state index contributed by atoms with van der Waals surface area (Å²) < 4.78 is 13.2. The maximum Gasteiger partial charge on any atom is 0.267 e. The van der Waals surface area contributed by atoms with Crippen molar-refractivity contribution in [1.82, 2.24) is 15.2 Å². The average Bonchev–Trinajstić information content (AvgIpc) is 3.25. The predicted molar refractivity (Wildman–Crippen MR) is 120 cm³/mol. The van der Waals surface area contributed by atoms with Gasteiger partial charge in [0.25, 0.3) is 5.91 Å². The van der Waals surface area contributed by atoms with Crippen LogP contribution < -0.4 is 21.0 Å². The first kappa shape index (κ1) is 21.7. The van der Waals surface area contributed by atoms with Crippen LogP contribution in [0, 0.1) is 5.82 Å². The number of benzene rings is 1. The third-order valence-corrected chi connectivity index (χ3v) is 5.68. The van der Waals surface area contributed by atoms with Gasteiger partial charge in [0.2, 0.25) is 5.91 Å². The number of nitrogens with zero attached hydrogens (tertiary/aromatic N) is 5. The normalized spacial score (nSPS) is 19.1. The number of likely N-dealkylation sites (N-methyl/N-ethyl adjacent to an activating group) is 1. The van der Waals surface area contributed by atoms with Gasteiger partial charge in [0, 0.05) is 45.3 Å². The van der Waals surface area contributed by atoms with Crippen molar-refractivity contribution < 1.29 is 14.0 Å². The van der Waals surface area contributed by atoms with E-state index in [-0.39, 0.29) is 18.0 Å². The summed E-state index contributed by atoms with van der Waals surface area (Å²) >= 11 is 0. The number of hydrazone groups is 1. The van der Waals surface area contributed by atoms with Crippen molar-refractivity contribution in [2.75, 3.05) is 43.1 Å². The van der Waals surface area contributed by atoms with Crippen molar-refractivity contribution >= 4 is 29.0 Å². The van der Waals surface area contributed by atoms with Crippen molar-refractivity contribution in [2.45, 2.75) is 19.0 Å². The lowest BCUT2D eigenvalue weighted by molar-refractivity contribution is -0.119. The molecule has 2 amide bonds. The van der Waals surface area contributed by atoms with E-state index in [1.54, 1.807) is 6.20 Å². The van der Waals surface area contributed by atoms with Crippen LogP contribution in [0.3, 0.4) is 0 Å². The standard InChI is InChI=1S/C22H26FN7O2/c1-28-8-10-29(11-9-28)20-12-15(6-7-25-20)14-26-22(32)18-13-19(21(24)31)30(27-18)17-4-2-16(23)3-5-17/h2-7,12,19H,8-11,13-14H2,1H3,(H2,24,31)(H,26,32). The van der Waals surface area contributed by atoms with Crippen molar-refractivity contribution in [1.29, 1.82) is 0 Å². The van der Waals surface area contributed by atoms with Crippen LogP contribution in [0.2, 0.25) is 0 Å². The number of rotatable bonds is 6. The quantitative estimate of drug-likeness (QED) is 0.687. The molecule has 1 atom stereocenters. The molecule has 0 radical (unpaired) electrons. The summed E-state index contributed by atoms with van der Waals surface area (Å²) in [5, 5.41) is 8.52. The second-order valence-corrected chi connectivity index (χ2v) is 7.99. The van der Waals surface area contributed by atoms with E-state index in [2.05, 4.69) is 32.2 Å². The van der Waals surface area contributed by atoms with Crippen molar-refractivity contribution in [3.63, 3.8) is 0 Å². The molecule has 3 heterocycles. The van der Waals surface area contributed by atoms with Gasteiger partial charge in [-0.3, -0.25) is 14.6 Å². The first-order valence-electron chi connectivity index (χ1n) is 10.5. The molecule has 0 bridgehead atoms. The molecule has 0 spiro atoms. The minimum absolute atomic E-state index is 0.0848. The average molecular weight is 439 g/mol. The molecular formula is C22H26FN7O2. The minimum Gasteiger partial charge on any atom is -0.368 e. The number of hydrogen-bond acceptors (Lipinski definition) is 7. The van der Waals surface area contributed by atoms with Gasteiger partial charge in [0.15, 0.2) is 0 Å². The van der Waals surface area contributed by atoms with Gasteiger partial charge in [-0.1, -0.05) is 0 Å². The number of halogens is 1. The van der Waals surface area contributed by atoms with Crippen LogP contribution in [0.25, 0.3) is 0 Å². The van der Waals surface area contributed by atoms with Crippen molar-refractivity contribution in [3.05, 3.63) is 54.0 Å². The molecule has 1 unspecified atom stereocenters. The van der Waals surface area contributed by atoms with E-state index in [1.165, 1.54) is 29.3 Å². The van der Waals surface area contributed by atoms with Crippen molar-refractivity contribution in [2.24, 2.45) is 10.8 Å². The van der Waals surface area contributed by atoms with Gasteiger partial charge in [0.05, 0.1) is 5.69 Å². The van der Waals surface area contributed by atoms with E-state index < -0.39 is 17.8 Å². The van der Waals surface area contributed by atoms with Crippen LogP contribution in [0.1, 0.15) is 12.0 Å². The maximum absolute atomic E-state index is 13.2. The Kier molecular flexibility index (Phi) is 6.31. The minimum atomic E-state index is -0.800. The summed E-state index contributed by atoms with van der Waals surface area (Å²) in [6.45, 7) is 4.08. The SMILES string of the molecule is CN1CCN(c2cc(CNC(=O)C3=NN(c4ccc(F)cc4)C(C(N)=O)C3)ccn2)CC1. The molecule has 0 aliphatic carbocycles. The Morgan fingerprint density at radius 3 is 2.56 bits per heavy atom. The molecule has 2 aliphatic heterocycles. The highest BCUT2D eigenvalue weighted by Crippen LogP contribution is 2.25. The number of pyridine rings is 1. The number of hydrogen-bond donors (Lipinski definition) is 2. The van der Waals surface area contributed by atoms with E-state index in [1.807, 2.05) is 12.1 Å². The zero-order valence-electron chi connectivity index (χ0n) is 17.9. The third kappa shape index (κ3) is 4.86. The Balaban J connectivity index is 1.41. The van der Waals surface area contributed by atoms with Crippen LogP contribution in [0.15, 0.2) is 47.7 Å². The Morgan fingerprint density at radius 1 is 1.16 bits per heavy atom. The molecule has 32 heavy (non-hydrogen) atoms. The predicted octanol–water partition coefficient (Wildman–Crippen LogP) is 0.709. The second kappa shape index (κ2) is 9.31. The molecule has 3 N–H and O–H groups in total. The highest BCUT2D eigenvalue weighted by atomic mass is 19.1. The van der Waals surface area contributed by atoms with E-state index >= 15 is 0 Å². The number of aromatic nitrogens is 1. The van der Waals surface area contributed by atoms with E-state index in [0.717, 1.165) is 37.6 Å². The maximum atomic E-state index is 13.2. The summed E-state index contributed by atoms with van der Waals surface area (Å²) in [7, 11) is 2.10. The summed E-state index contributed by atoms with van der Waals surface area (Å²) in [5.41, 5.74) is 7.11. The number of piperazine rings is 1. The van der Waals surface area contributed by atoms with E-state index in [9.17, 15) is 14.0 Å². The zero-order chi connectivity index (χ0) is 22.7. The number of anilines is 2. The Labute approximate surface area is 185 Å². The first-order chi connectivity index (χ1) is 15.4. The molecule has 2 aliphatic rings. The topological polar surface area (TPSA) is 107 Å². The van der Waals surface area contributed by atoms with Gasteiger partial charge < -0.3 is 20.9 Å². The fourth-order valence-corrected chi connectivity index (χ4v) is 3.76. The van der Waals surface area contributed by atoms with Gasteiger partial charge in [-0.2, -0.15) is 5.10 Å². The Bertz CT molecular complexity index is 1020. The highest BCUT2D eigenvalue weighted by molar-refractivity contribution is 6.40. The molecule has 10 heteroatoms. The van der Waals surface area contributed by atoms with Crippen LogP contribution in [-0.2, 0) is 16.1 Å². The smallest absolute Gasteiger partial charge is 0.267 e. The van der Waals surface area contributed by atoms with Crippen molar-refractivity contribution in [3.8, 4) is 0 Å². The third-order valence-electron chi connectivity index (χ3n) is 5.68. The summed E-state index contributed by atoms with van der Waals surface area (Å²) in [6.07, 6.45) is 1.82. The van der Waals surface area contributed by atoms with E-state index in [4.69, 9.17) is 5.73 Å². The lowest BCUT2D eigenvalue weighted by atomic mass is 10.1. The molecule has 0 saturated carbocycles. The van der Waals surface area contributed by atoms with Gasteiger partial charge in [-0.05, 0) is 49.0 Å². The van der Waals surface area contributed by atoms with E-state index in [0.29, 0.717) is 12.2 Å². The molecule has 1 fully saturated rings. The molecular weight excluding hydrogens is 413 g/mol. The second-order valence-electron chi connectivity index (χ2n) is 7.99. The summed E-state index contributed by atoms with van der Waals surface area (Å²) in [5.74, 6) is -0.496. The van der Waals surface area contributed by atoms with Gasteiger partial charge >= 0.3 is 0 Å². The lowest BCUT2D eigenvalue weighted by Crippen LogP contribution is -2.44. The van der Waals surface area contributed by atoms with Gasteiger partial charge in [-0.25, -0.2) is 9.37 Å². The summed E-state index contributed by atoms with van der Waals surface area (Å²) in [6, 6.07) is 8.54. The fraction of sp³-hybridized carbons (Fsp3) is 0.364. The summed E-state index contributed by atoms with van der Waals surface area (Å²) in [4.78, 5) is 33.6. The molecule has 2 aromatic rings. The molecule has 1 aromatic heterocycles. The number of amides is 2. The number of carbonyl (C=O) groups is 2. The number of nitrogens with two attached hydrogens (primary N) is 1. The van der Waals surface area contributed by atoms with Crippen LogP contribution in [-0.4, -0.2) is 66.7 Å². The molecule has 1 aromatic carbocycles. The highest BCUT2D eigenvalue weighted by Gasteiger charge is 2.34. The first-order valence-corrected chi connectivity index (χ1v) is 10.5. The Hall–Kier alpha value is -3.53. The van der Waals surface area contributed by atoms with Gasteiger partial charge in [-0.15, -0.1) is 0 Å². The lowest BCUT2D eigenvalue weighted by Gasteiger charge is -2.33. The van der Waals surface area contributed by atoms with Crippen LogP contribution in [0.4, 0.5) is 15.9 Å². The Morgan fingerprint density at radius 2 is 1.88 bits per heavy atom. The monoisotopic (exact) mass is 439 g/mol. The molecule has 168 valence electrons. The fourth-order valence-electron chi connectivity index (χ4n) is 3.76. The largest absolute Gasteiger partial charge is 0.368 e. The number of nitrogens with one attached hydrogen (secondary N) is 1. The molecule has 1 saturated heterocycles.